The normalized spacial score (nSPS) is 12.0. The molecule has 110 valence electrons. The molecule has 0 amide bonds. The van der Waals surface area contributed by atoms with Crippen LogP contribution in [-0.4, -0.2) is 21.8 Å². The van der Waals surface area contributed by atoms with E-state index in [2.05, 4.69) is 10.3 Å². The Hall–Kier alpha value is -1.92. The number of nitrogens with one attached hydrogen (secondary N) is 1. The lowest BCUT2D eigenvalue weighted by Crippen LogP contribution is -2.07. The fourth-order valence-corrected chi connectivity index (χ4v) is 2.95. The summed E-state index contributed by atoms with van der Waals surface area (Å²) in [7, 11) is 0. The maximum atomic E-state index is 11.4. The predicted molar refractivity (Wildman–Crippen MR) is 82.6 cm³/mol. The van der Waals surface area contributed by atoms with E-state index in [1.165, 1.54) is 6.92 Å². The number of aromatic carboxylic acids is 1. The van der Waals surface area contributed by atoms with Gasteiger partial charge < -0.3 is 10.4 Å². The molecule has 1 heterocycles. The molecule has 5 nitrogen and oxygen atoms in total. The van der Waals surface area contributed by atoms with Gasteiger partial charge in [-0.1, -0.05) is 35.1 Å². The van der Waals surface area contributed by atoms with E-state index in [0.29, 0.717) is 10.2 Å². The summed E-state index contributed by atoms with van der Waals surface area (Å²) >= 11 is 6.98. The van der Waals surface area contributed by atoms with Crippen LogP contribution in [0.4, 0.5) is 5.13 Å². The van der Waals surface area contributed by atoms with Gasteiger partial charge in [0.15, 0.2) is 16.6 Å². The van der Waals surface area contributed by atoms with Crippen molar-refractivity contribution in [3.63, 3.8) is 0 Å². The number of ketones is 1. The van der Waals surface area contributed by atoms with Gasteiger partial charge in [0.05, 0.1) is 6.04 Å². The quantitative estimate of drug-likeness (QED) is 0.816. The second-order valence-electron chi connectivity index (χ2n) is 4.48. The number of halogens is 1. The highest BCUT2D eigenvalue weighted by atomic mass is 35.5. The van der Waals surface area contributed by atoms with Crippen LogP contribution in [0.15, 0.2) is 24.3 Å². The van der Waals surface area contributed by atoms with Gasteiger partial charge in [-0.3, -0.25) is 4.79 Å². The molecule has 0 aliphatic rings. The zero-order valence-electron chi connectivity index (χ0n) is 11.4. The number of hydrogen-bond donors (Lipinski definition) is 2. The zero-order valence-corrected chi connectivity index (χ0v) is 13.0. The van der Waals surface area contributed by atoms with Crippen molar-refractivity contribution in [1.82, 2.24) is 4.98 Å². The van der Waals surface area contributed by atoms with Gasteiger partial charge in [-0.15, -0.1) is 0 Å². The minimum Gasteiger partial charge on any atom is -0.476 e. The lowest BCUT2D eigenvalue weighted by Gasteiger charge is -2.13. The highest BCUT2D eigenvalue weighted by Gasteiger charge is 2.21. The van der Waals surface area contributed by atoms with E-state index in [1.807, 2.05) is 25.1 Å². The van der Waals surface area contributed by atoms with Crippen LogP contribution in [0.1, 0.15) is 45.6 Å². The third kappa shape index (κ3) is 3.59. The number of carboxylic acid groups (broad SMARTS) is 1. The Balaban J connectivity index is 2.25. The maximum absolute atomic E-state index is 11.4. The lowest BCUT2D eigenvalue weighted by molar-refractivity contribution is 0.0687. The van der Waals surface area contributed by atoms with E-state index in [-0.39, 0.29) is 22.4 Å². The van der Waals surface area contributed by atoms with E-state index in [1.54, 1.807) is 6.07 Å². The van der Waals surface area contributed by atoms with E-state index in [0.717, 1.165) is 16.9 Å². The maximum Gasteiger partial charge on any atom is 0.356 e. The molecule has 1 aromatic heterocycles. The molecular weight excluding hydrogens is 312 g/mol. The summed E-state index contributed by atoms with van der Waals surface area (Å²) in [6.45, 7) is 3.23. The van der Waals surface area contributed by atoms with Gasteiger partial charge >= 0.3 is 5.97 Å². The van der Waals surface area contributed by atoms with E-state index in [4.69, 9.17) is 16.7 Å². The van der Waals surface area contributed by atoms with Gasteiger partial charge in [-0.25, -0.2) is 9.78 Å². The third-order valence-electron chi connectivity index (χ3n) is 2.84. The van der Waals surface area contributed by atoms with E-state index in [9.17, 15) is 9.59 Å². The van der Waals surface area contributed by atoms with Crippen molar-refractivity contribution in [3.8, 4) is 0 Å². The van der Waals surface area contributed by atoms with Gasteiger partial charge in [0.25, 0.3) is 0 Å². The number of carboxylic acids is 1. The Morgan fingerprint density at radius 1 is 1.43 bits per heavy atom. The van der Waals surface area contributed by atoms with Crippen LogP contribution in [0.25, 0.3) is 0 Å². The molecule has 0 saturated carbocycles. The van der Waals surface area contributed by atoms with E-state index < -0.39 is 5.97 Å². The van der Waals surface area contributed by atoms with Crippen molar-refractivity contribution >= 4 is 39.8 Å². The van der Waals surface area contributed by atoms with Crippen molar-refractivity contribution in [2.24, 2.45) is 0 Å². The fourth-order valence-electron chi connectivity index (χ4n) is 1.81. The van der Waals surface area contributed by atoms with Crippen LogP contribution in [0.3, 0.4) is 0 Å². The zero-order chi connectivity index (χ0) is 15.6. The molecule has 0 aliphatic carbocycles. The Bertz CT molecular complexity index is 668. The molecular formula is C14H13ClN2O3S. The van der Waals surface area contributed by atoms with Gasteiger partial charge in [0, 0.05) is 11.9 Å². The standard InChI is InChI=1S/C14H13ClN2O3S/c1-7(9-4-3-5-10(15)6-9)16-14-17-11(13(19)20)12(21-14)8(2)18/h3-7H,1-2H3,(H,16,17)(H,19,20). The van der Waals surface area contributed by atoms with Crippen molar-refractivity contribution < 1.29 is 14.7 Å². The smallest absolute Gasteiger partial charge is 0.356 e. The average molecular weight is 325 g/mol. The van der Waals surface area contributed by atoms with Crippen LogP contribution >= 0.6 is 22.9 Å². The summed E-state index contributed by atoms with van der Waals surface area (Å²) in [5.41, 5.74) is 0.729. The highest BCUT2D eigenvalue weighted by Crippen LogP contribution is 2.28. The van der Waals surface area contributed by atoms with Crippen LogP contribution in [0, 0.1) is 0 Å². The molecule has 0 bridgehead atoms. The molecule has 1 aromatic carbocycles. The van der Waals surface area contributed by atoms with Crippen molar-refractivity contribution in [2.75, 3.05) is 5.32 Å². The van der Waals surface area contributed by atoms with Crippen LogP contribution < -0.4 is 5.32 Å². The molecule has 1 unspecified atom stereocenters. The average Bonchev–Trinajstić information content (AvgIpc) is 2.83. The molecule has 1 atom stereocenters. The van der Waals surface area contributed by atoms with Crippen molar-refractivity contribution in [1.29, 1.82) is 0 Å². The molecule has 7 heteroatoms. The molecule has 2 aromatic rings. The second-order valence-corrected chi connectivity index (χ2v) is 5.91. The number of carbonyl (C=O) groups excluding carboxylic acids is 1. The van der Waals surface area contributed by atoms with Crippen molar-refractivity contribution in [2.45, 2.75) is 19.9 Å². The monoisotopic (exact) mass is 324 g/mol. The summed E-state index contributed by atoms with van der Waals surface area (Å²) < 4.78 is 0. The Morgan fingerprint density at radius 3 is 2.67 bits per heavy atom. The lowest BCUT2D eigenvalue weighted by atomic mass is 10.1. The number of hydrogen-bond acceptors (Lipinski definition) is 5. The van der Waals surface area contributed by atoms with Crippen LogP contribution in [0.5, 0.6) is 0 Å². The first kappa shape index (κ1) is 15.5. The summed E-state index contributed by atoms with van der Waals surface area (Å²) in [5, 5.41) is 13.2. The van der Waals surface area contributed by atoms with Crippen LogP contribution in [-0.2, 0) is 0 Å². The molecule has 2 N–H and O–H groups in total. The SMILES string of the molecule is CC(=O)c1sc(NC(C)c2cccc(Cl)c2)nc1C(=O)O. The predicted octanol–water partition coefficient (Wildman–Crippen LogP) is 3.87. The highest BCUT2D eigenvalue weighted by molar-refractivity contribution is 7.17. The first-order chi connectivity index (χ1) is 9.88. The second kappa shape index (κ2) is 6.24. The molecule has 21 heavy (non-hydrogen) atoms. The third-order valence-corrected chi connectivity index (χ3v) is 4.16. The van der Waals surface area contributed by atoms with Gasteiger partial charge in [-0.2, -0.15) is 0 Å². The largest absolute Gasteiger partial charge is 0.476 e. The topological polar surface area (TPSA) is 79.3 Å². The molecule has 0 aliphatic heterocycles. The van der Waals surface area contributed by atoms with E-state index >= 15 is 0 Å². The number of nitrogens with zero attached hydrogens (tertiary/aromatic N) is 1. The number of Topliss-reactive ketones (excluding diaryl/α,β-unsaturated/α-hetero) is 1. The van der Waals surface area contributed by atoms with Crippen LogP contribution in [0.2, 0.25) is 5.02 Å². The van der Waals surface area contributed by atoms with Crippen molar-refractivity contribution in [3.05, 3.63) is 45.4 Å². The molecule has 0 saturated heterocycles. The number of carbonyl (C=O) groups is 2. The number of benzene rings is 1. The summed E-state index contributed by atoms with van der Waals surface area (Å²) in [5.74, 6) is -1.52. The number of rotatable bonds is 5. The van der Waals surface area contributed by atoms with Gasteiger partial charge in [0.1, 0.15) is 4.88 Å². The number of aromatic nitrogens is 1. The first-order valence-corrected chi connectivity index (χ1v) is 7.35. The Morgan fingerprint density at radius 2 is 2.14 bits per heavy atom. The Kier molecular flexibility index (Phi) is 4.59. The number of anilines is 1. The molecule has 2 rings (SSSR count). The Labute approximate surface area is 130 Å². The minimum absolute atomic E-state index is 0.115. The fraction of sp³-hybridized carbons (Fsp3) is 0.214. The van der Waals surface area contributed by atoms with Gasteiger partial charge in [0.2, 0.25) is 0 Å². The summed E-state index contributed by atoms with van der Waals surface area (Å²) in [6.07, 6.45) is 0. The first-order valence-electron chi connectivity index (χ1n) is 6.15. The van der Waals surface area contributed by atoms with Gasteiger partial charge in [-0.05, 0) is 24.6 Å². The molecule has 0 spiro atoms. The summed E-state index contributed by atoms with van der Waals surface area (Å²) in [6, 6.07) is 7.22. The minimum atomic E-state index is -1.21. The molecule has 0 fully saturated rings. The number of thiazole rings is 1. The summed E-state index contributed by atoms with van der Waals surface area (Å²) in [4.78, 5) is 26.6. The molecule has 0 radical (unpaired) electrons.